The summed E-state index contributed by atoms with van der Waals surface area (Å²) < 4.78 is 5.03. The van der Waals surface area contributed by atoms with Gasteiger partial charge in [0.2, 0.25) is 5.79 Å². The van der Waals surface area contributed by atoms with Crippen molar-refractivity contribution in [3.63, 3.8) is 0 Å². The second-order valence-corrected chi connectivity index (χ2v) is 4.99. The molecule has 1 saturated heterocycles. The van der Waals surface area contributed by atoms with Gasteiger partial charge in [-0.15, -0.1) is 0 Å². The van der Waals surface area contributed by atoms with E-state index in [-0.39, 0.29) is 0 Å². The zero-order chi connectivity index (χ0) is 13.0. The second kappa shape index (κ2) is 3.38. The van der Waals surface area contributed by atoms with E-state index in [1.54, 1.807) is 0 Å². The van der Waals surface area contributed by atoms with Gasteiger partial charge in [0, 0.05) is 0 Å². The van der Waals surface area contributed by atoms with Crippen LogP contribution < -0.4 is 0 Å². The molecule has 1 aliphatic rings. The Kier molecular flexibility index (Phi) is 2.92. The molecule has 0 aromatic heterocycles. The largest absolute Gasteiger partial charge is 0.391 e. The van der Waals surface area contributed by atoms with Crippen LogP contribution in [0.3, 0.4) is 0 Å². The molecule has 0 radical (unpaired) electrons. The molecule has 6 heteroatoms. The van der Waals surface area contributed by atoms with Crippen LogP contribution in [0.5, 0.6) is 0 Å². The van der Waals surface area contributed by atoms with Crippen molar-refractivity contribution in [2.45, 2.75) is 56.4 Å². The smallest absolute Gasteiger partial charge is 0.221 e. The monoisotopic (exact) mass is 236 g/mol. The number of hydrogen-bond donors (Lipinski definition) is 5. The van der Waals surface area contributed by atoms with Gasteiger partial charge in [0.05, 0.1) is 6.10 Å². The summed E-state index contributed by atoms with van der Waals surface area (Å²) in [5.41, 5.74) is -6.03. The van der Waals surface area contributed by atoms with Crippen LogP contribution in [0.4, 0.5) is 0 Å². The van der Waals surface area contributed by atoms with Gasteiger partial charge in [-0.2, -0.15) is 0 Å². The van der Waals surface area contributed by atoms with Gasteiger partial charge >= 0.3 is 0 Å². The van der Waals surface area contributed by atoms with Gasteiger partial charge in [-0.1, -0.05) is 0 Å². The summed E-state index contributed by atoms with van der Waals surface area (Å²) >= 11 is 0. The first-order chi connectivity index (χ1) is 6.94. The fraction of sp³-hybridized carbons (Fsp3) is 1.00. The van der Waals surface area contributed by atoms with Crippen LogP contribution in [0.1, 0.15) is 27.7 Å². The highest BCUT2D eigenvalue weighted by Crippen LogP contribution is 2.47. The van der Waals surface area contributed by atoms with Crippen molar-refractivity contribution in [3.05, 3.63) is 0 Å². The molecular weight excluding hydrogens is 216 g/mol. The van der Waals surface area contributed by atoms with Gasteiger partial charge in [-0.25, -0.2) is 0 Å². The number of aliphatic hydroxyl groups is 5. The fourth-order valence-corrected chi connectivity index (χ4v) is 1.98. The van der Waals surface area contributed by atoms with E-state index in [1.165, 1.54) is 20.8 Å². The molecule has 0 aliphatic carbocycles. The Morgan fingerprint density at radius 3 is 1.81 bits per heavy atom. The molecule has 1 fully saturated rings. The summed E-state index contributed by atoms with van der Waals surface area (Å²) in [6.45, 7) is 4.13. The zero-order valence-electron chi connectivity index (χ0n) is 9.93. The average Bonchev–Trinajstić information content (AvgIpc) is 2.14. The minimum Gasteiger partial charge on any atom is -0.391 e. The van der Waals surface area contributed by atoms with Crippen LogP contribution in [0.2, 0.25) is 0 Å². The summed E-state index contributed by atoms with van der Waals surface area (Å²) in [6, 6.07) is 0. The van der Waals surface area contributed by atoms with Crippen molar-refractivity contribution >= 4 is 0 Å². The predicted octanol–water partition coefficient (Wildman–Crippen LogP) is -1.66. The fourth-order valence-electron chi connectivity index (χ4n) is 1.98. The third-order valence-corrected chi connectivity index (χ3v) is 4.07. The molecule has 0 spiro atoms. The van der Waals surface area contributed by atoms with Gasteiger partial charge in [0.25, 0.3) is 0 Å². The molecule has 6 nitrogen and oxygen atoms in total. The highest BCUT2D eigenvalue weighted by molar-refractivity contribution is 5.17. The number of aliphatic hydroxyl groups excluding tert-OH is 1. The second-order valence-electron chi connectivity index (χ2n) is 4.99. The van der Waals surface area contributed by atoms with Crippen LogP contribution in [0, 0.1) is 0 Å². The van der Waals surface area contributed by atoms with Crippen molar-refractivity contribution in [1.82, 2.24) is 0 Å². The first kappa shape index (κ1) is 13.8. The van der Waals surface area contributed by atoms with E-state index in [0.717, 1.165) is 6.92 Å². The van der Waals surface area contributed by atoms with Crippen molar-refractivity contribution in [1.29, 1.82) is 0 Å². The Hall–Kier alpha value is -0.240. The Morgan fingerprint density at radius 2 is 1.44 bits per heavy atom. The lowest BCUT2D eigenvalue weighted by atomic mass is 9.65. The molecule has 5 N–H and O–H groups in total. The minimum atomic E-state index is -2.32. The lowest BCUT2D eigenvalue weighted by Gasteiger charge is -2.60. The van der Waals surface area contributed by atoms with Crippen LogP contribution in [-0.4, -0.2) is 60.8 Å². The predicted molar refractivity (Wildman–Crippen MR) is 54.5 cm³/mol. The van der Waals surface area contributed by atoms with Gasteiger partial charge in [0.15, 0.2) is 0 Å². The quantitative estimate of drug-likeness (QED) is 0.373. The first-order valence-corrected chi connectivity index (χ1v) is 5.12. The lowest BCUT2D eigenvalue weighted by molar-refractivity contribution is -0.430. The standard InChI is InChI=1S/C10H20O6/c1-6-7(2,12)8(3,13)9(4,14)10(15,5-11)16-6/h6,11-15H,5H2,1-4H3/t6?,7-,8?,9?,10-/m1/s1. The van der Waals surface area contributed by atoms with Crippen molar-refractivity contribution < 1.29 is 30.3 Å². The normalized spacial score (nSPS) is 58.7. The molecule has 1 rings (SSSR count). The molecule has 96 valence electrons. The first-order valence-electron chi connectivity index (χ1n) is 5.12. The molecule has 5 atom stereocenters. The molecular formula is C10H20O6. The highest BCUT2D eigenvalue weighted by atomic mass is 16.7. The molecule has 3 unspecified atom stereocenters. The third kappa shape index (κ3) is 1.35. The number of ether oxygens (including phenoxy) is 1. The average molecular weight is 236 g/mol. The Bertz CT molecular complexity index is 279. The van der Waals surface area contributed by atoms with E-state index in [1.807, 2.05) is 0 Å². The van der Waals surface area contributed by atoms with Crippen LogP contribution >= 0.6 is 0 Å². The minimum absolute atomic E-state index is 0.892. The maximum Gasteiger partial charge on any atom is 0.221 e. The van der Waals surface area contributed by atoms with Crippen LogP contribution in [0.25, 0.3) is 0 Å². The third-order valence-electron chi connectivity index (χ3n) is 4.07. The van der Waals surface area contributed by atoms with Crippen LogP contribution in [0.15, 0.2) is 0 Å². The lowest BCUT2D eigenvalue weighted by Crippen LogP contribution is -2.81. The maximum absolute atomic E-state index is 10.2. The van der Waals surface area contributed by atoms with E-state index >= 15 is 0 Å². The van der Waals surface area contributed by atoms with E-state index in [9.17, 15) is 20.4 Å². The molecule has 0 aromatic rings. The number of hydrogen-bond acceptors (Lipinski definition) is 6. The molecule has 1 heterocycles. The van der Waals surface area contributed by atoms with Gasteiger partial charge in [-0.3, -0.25) is 0 Å². The SMILES string of the molecule is CC1O[C@](O)(CO)C(C)(O)C(C)(O)[C@]1(C)O. The van der Waals surface area contributed by atoms with E-state index in [2.05, 4.69) is 0 Å². The van der Waals surface area contributed by atoms with Crippen LogP contribution in [-0.2, 0) is 4.74 Å². The van der Waals surface area contributed by atoms with E-state index in [4.69, 9.17) is 9.84 Å². The summed E-state index contributed by atoms with van der Waals surface area (Å²) in [6.07, 6.45) is -0.958. The molecule has 1 aliphatic heterocycles. The topological polar surface area (TPSA) is 110 Å². The van der Waals surface area contributed by atoms with Crippen molar-refractivity contribution in [3.8, 4) is 0 Å². The summed E-state index contributed by atoms with van der Waals surface area (Å²) in [7, 11) is 0. The maximum atomic E-state index is 10.2. The molecule has 0 saturated carbocycles. The summed E-state index contributed by atoms with van der Waals surface area (Å²) in [4.78, 5) is 0. The highest BCUT2D eigenvalue weighted by Gasteiger charge is 2.70. The van der Waals surface area contributed by atoms with Crippen molar-refractivity contribution in [2.75, 3.05) is 6.61 Å². The number of rotatable bonds is 1. The molecule has 0 amide bonds. The molecule has 0 bridgehead atoms. The summed E-state index contributed by atoms with van der Waals surface area (Å²) in [5.74, 6) is -2.32. The van der Waals surface area contributed by atoms with Crippen molar-refractivity contribution in [2.24, 2.45) is 0 Å². The Labute approximate surface area is 94.1 Å². The Morgan fingerprint density at radius 1 is 1.00 bits per heavy atom. The molecule has 0 aromatic carbocycles. The molecule has 16 heavy (non-hydrogen) atoms. The summed E-state index contributed by atoms with van der Waals surface area (Å²) in [5, 5.41) is 49.5. The van der Waals surface area contributed by atoms with Gasteiger partial charge in [-0.05, 0) is 27.7 Å². The van der Waals surface area contributed by atoms with Gasteiger partial charge in [0.1, 0.15) is 23.4 Å². The van der Waals surface area contributed by atoms with Gasteiger partial charge < -0.3 is 30.3 Å². The van der Waals surface area contributed by atoms with E-state index < -0.39 is 35.3 Å². The Balaban J connectivity index is 3.32. The zero-order valence-corrected chi connectivity index (χ0v) is 9.93. The van der Waals surface area contributed by atoms with E-state index in [0.29, 0.717) is 0 Å².